The quantitative estimate of drug-likeness (QED) is 0.912. The molecule has 1 aromatic carbocycles. The minimum atomic E-state index is 0.224. The summed E-state index contributed by atoms with van der Waals surface area (Å²) < 4.78 is 0. The van der Waals surface area contributed by atoms with E-state index in [9.17, 15) is 0 Å². The highest BCUT2D eigenvalue weighted by atomic mass is 35.5. The fourth-order valence-corrected chi connectivity index (χ4v) is 4.04. The van der Waals surface area contributed by atoms with Crippen LogP contribution in [0.3, 0.4) is 0 Å². The second-order valence-corrected chi connectivity index (χ2v) is 7.56. The van der Waals surface area contributed by atoms with Gasteiger partial charge in [0.2, 0.25) is 0 Å². The lowest BCUT2D eigenvalue weighted by molar-refractivity contribution is 0.626. The third kappa shape index (κ3) is 3.63. The van der Waals surface area contributed by atoms with Gasteiger partial charge in [-0.2, -0.15) is 11.8 Å². The third-order valence-electron chi connectivity index (χ3n) is 4.23. The van der Waals surface area contributed by atoms with Crippen LogP contribution in [0.4, 0.5) is 5.69 Å². The molecule has 2 N–H and O–H groups in total. The summed E-state index contributed by atoms with van der Waals surface area (Å²) in [5.41, 5.74) is 8.42. The van der Waals surface area contributed by atoms with Crippen molar-refractivity contribution >= 4 is 29.1 Å². The summed E-state index contributed by atoms with van der Waals surface area (Å²) in [6.45, 7) is 7.77. The zero-order valence-electron chi connectivity index (χ0n) is 12.6. The SMILES string of the molecule is CCC(N)Cc1ccc(N2CCSC(C)C2C)c(Cl)c1. The molecule has 3 atom stereocenters. The highest BCUT2D eigenvalue weighted by Crippen LogP contribution is 2.34. The van der Waals surface area contributed by atoms with E-state index in [-0.39, 0.29) is 6.04 Å². The second-order valence-electron chi connectivity index (χ2n) is 5.67. The van der Waals surface area contributed by atoms with E-state index < -0.39 is 0 Å². The van der Waals surface area contributed by atoms with Gasteiger partial charge in [0, 0.05) is 29.6 Å². The maximum atomic E-state index is 6.51. The summed E-state index contributed by atoms with van der Waals surface area (Å²) in [5.74, 6) is 1.17. The van der Waals surface area contributed by atoms with Crippen LogP contribution >= 0.6 is 23.4 Å². The van der Waals surface area contributed by atoms with Crippen molar-refractivity contribution in [1.29, 1.82) is 0 Å². The molecular formula is C16H25ClN2S. The summed E-state index contributed by atoms with van der Waals surface area (Å²) in [4.78, 5) is 2.44. The molecule has 2 nitrogen and oxygen atoms in total. The van der Waals surface area contributed by atoms with Crippen LogP contribution in [0.1, 0.15) is 32.8 Å². The second kappa shape index (κ2) is 7.06. The van der Waals surface area contributed by atoms with E-state index in [2.05, 4.69) is 43.9 Å². The molecule has 1 heterocycles. The highest BCUT2D eigenvalue weighted by Gasteiger charge is 2.26. The molecule has 1 aromatic rings. The van der Waals surface area contributed by atoms with Gasteiger partial charge < -0.3 is 10.6 Å². The Morgan fingerprint density at radius 1 is 1.45 bits per heavy atom. The van der Waals surface area contributed by atoms with Gasteiger partial charge in [0.1, 0.15) is 0 Å². The van der Waals surface area contributed by atoms with Crippen molar-refractivity contribution in [1.82, 2.24) is 0 Å². The van der Waals surface area contributed by atoms with E-state index in [1.165, 1.54) is 17.0 Å². The first-order valence-electron chi connectivity index (χ1n) is 7.45. The van der Waals surface area contributed by atoms with Crippen molar-refractivity contribution in [2.45, 2.75) is 50.9 Å². The summed E-state index contributed by atoms with van der Waals surface area (Å²) in [5, 5.41) is 1.50. The van der Waals surface area contributed by atoms with Gasteiger partial charge in [-0.1, -0.05) is 31.5 Å². The van der Waals surface area contributed by atoms with E-state index in [0.717, 1.165) is 24.4 Å². The molecule has 0 bridgehead atoms. The zero-order valence-corrected chi connectivity index (χ0v) is 14.2. The van der Waals surface area contributed by atoms with Crippen molar-refractivity contribution in [3.8, 4) is 0 Å². The molecule has 1 aliphatic rings. The number of anilines is 1. The van der Waals surface area contributed by atoms with Crippen LogP contribution in [0.5, 0.6) is 0 Å². The number of thioether (sulfide) groups is 1. The summed E-state index contributed by atoms with van der Waals surface area (Å²) in [6.07, 6.45) is 1.90. The van der Waals surface area contributed by atoms with Gasteiger partial charge in [-0.05, 0) is 37.5 Å². The van der Waals surface area contributed by atoms with Crippen LogP contribution in [0.15, 0.2) is 18.2 Å². The molecule has 0 saturated carbocycles. The first-order valence-corrected chi connectivity index (χ1v) is 8.87. The van der Waals surface area contributed by atoms with Crippen molar-refractivity contribution in [2.24, 2.45) is 5.73 Å². The Labute approximate surface area is 132 Å². The van der Waals surface area contributed by atoms with Gasteiger partial charge >= 0.3 is 0 Å². The Hall–Kier alpha value is -0.380. The Morgan fingerprint density at radius 3 is 2.85 bits per heavy atom. The Morgan fingerprint density at radius 2 is 2.20 bits per heavy atom. The molecule has 1 saturated heterocycles. The monoisotopic (exact) mass is 312 g/mol. The lowest BCUT2D eigenvalue weighted by Gasteiger charge is -2.39. The molecule has 0 radical (unpaired) electrons. The molecule has 4 heteroatoms. The number of rotatable bonds is 4. The molecular weight excluding hydrogens is 288 g/mol. The van der Waals surface area contributed by atoms with Gasteiger partial charge in [0.15, 0.2) is 0 Å². The first-order chi connectivity index (χ1) is 9.52. The van der Waals surface area contributed by atoms with Gasteiger partial charge in [-0.25, -0.2) is 0 Å². The largest absolute Gasteiger partial charge is 0.366 e. The third-order valence-corrected chi connectivity index (χ3v) is 5.87. The smallest absolute Gasteiger partial charge is 0.0642 e. The number of hydrogen-bond acceptors (Lipinski definition) is 3. The van der Waals surface area contributed by atoms with Crippen molar-refractivity contribution in [3.05, 3.63) is 28.8 Å². The number of benzene rings is 1. The zero-order chi connectivity index (χ0) is 14.7. The Bertz CT molecular complexity index is 452. The van der Waals surface area contributed by atoms with Crippen LogP contribution in [0.25, 0.3) is 0 Å². The van der Waals surface area contributed by atoms with E-state index in [1.807, 2.05) is 11.8 Å². The minimum Gasteiger partial charge on any atom is -0.366 e. The topological polar surface area (TPSA) is 29.3 Å². The van der Waals surface area contributed by atoms with E-state index in [4.69, 9.17) is 17.3 Å². The average molecular weight is 313 g/mol. The number of halogens is 1. The molecule has 1 fully saturated rings. The molecule has 0 spiro atoms. The van der Waals surface area contributed by atoms with Crippen LogP contribution in [0, 0.1) is 0 Å². The van der Waals surface area contributed by atoms with Crippen LogP contribution < -0.4 is 10.6 Å². The predicted molar refractivity (Wildman–Crippen MR) is 92.2 cm³/mol. The van der Waals surface area contributed by atoms with Crippen LogP contribution in [0.2, 0.25) is 5.02 Å². The van der Waals surface area contributed by atoms with Gasteiger partial charge in [-0.15, -0.1) is 0 Å². The molecule has 0 aliphatic carbocycles. The first kappa shape index (κ1) is 16.0. The summed E-state index contributed by atoms with van der Waals surface area (Å²) >= 11 is 8.56. The molecule has 0 amide bonds. The summed E-state index contributed by atoms with van der Waals surface area (Å²) in [6, 6.07) is 7.18. The highest BCUT2D eigenvalue weighted by molar-refractivity contribution is 8.00. The Kier molecular flexibility index (Phi) is 5.65. The number of hydrogen-bond donors (Lipinski definition) is 1. The van der Waals surface area contributed by atoms with Crippen molar-refractivity contribution in [3.63, 3.8) is 0 Å². The molecule has 20 heavy (non-hydrogen) atoms. The van der Waals surface area contributed by atoms with Crippen molar-refractivity contribution in [2.75, 3.05) is 17.2 Å². The van der Waals surface area contributed by atoms with Gasteiger partial charge in [0.25, 0.3) is 0 Å². The average Bonchev–Trinajstić information content (AvgIpc) is 2.42. The number of nitrogens with zero attached hydrogens (tertiary/aromatic N) is 1. The number of nitrogens with two attached hydrogens (primary N) is 1. The molecule has 1 aliphatic heterocycles. The lowest BCUT2D eigenvalue weighted by Crippen LogP contribution is -2.44. The van der Waals surface area contributed by atoms with Crippen LogP contribution in [-0.2, 0) is 6.42 Å². The maximum Gasteiger partial charge on any atom is 0.0642 e. The van der Waals surface area contributed by atoms with E-state index in [0.29, 0.717) is 11.3 Å². The maximum absolute atomic E-state index is 6.51. The fourth-order valence-electron chi connectivity index (χ4n) is 2.63. The molecule has 0 aromatic heterocycles. The minimum absolute atomic E-state index is 0.224. The van der Waals surface area contributed by atoms with Crippen LogP contribution in [-0.4, -0.2) is 29.6 Å². The summed E-state index contributed by atoms with van der Waals surface area (Å²) in [7, 11) is 0. The van der Waals surface area contributed by atoms with Gasteiger partial charge in [-0.3, -0.25) is 0 Å². The molecule has 2 rings (SSSR count). The van der Waals surface area contributed by atoms with Crippen molar-refractivity contribution < 1.29 is 0 Å². The van der Waals surface area contributed by atoms with E-state index >= 15 is 0 Å². The lowest BCUT2D eigenvalue weighted by atomic mass is 10.0. The van der Waals surface area contributed by atoms with Gasteiger partial charge in [0.05, 0.1) is 10.7 Å². The normalized spacial score (nSPS) is 24.8. The molecule has 112 valence electrons. The standard InChI is InChI=1S/C16H25ClN2S/c1-4-14(18)9-13-5-6-16(15(17)10-13)19-7-8-20-12(3)11(19)2/h5-6,10-12,14H,4,7-9,18H2,1-3H3. The fraction of sp³-hybridized carbons (Fsp3) is 0.625. The predicted octanol–water partition coefficient (Wildman–Crippen LogP) is 3.95. The van der Waals surface area contributed by atoms with E-state index in [1.54, 1.807) is 0 Å². The Balaban J connectivity index is 2.16. The molecule has 3 unspecified atom stereocenters.